The van der Waals surface area contributed by atoms with Crippen LogP contribution >= 0.6 is 11.3 Å². The van der Waals surface area contributed by atoms with Crippen LogP contribution in [0.2, 0.25) is 0 Å². The molecule has 0 spiro atoms. The summed E-state index contributed by atoms with van der Waals surface area (Å²) >= 11 is 1.42. The van der Waals surface area contributed by atoms with Gasteiger partial charge in [-0.15, -0.1) is 11.3 Å². The molecular weight excluding hydrogens is 318 g/mol. The van der Waals surface area contributed by atoms with Crippen molar-refractivity contribution >= 4 is 39.3 Å². The van der Waals surface area contributed by atoms with Gasteiger partial charge in [0.2, 0.25) is 5.91 Å². The van der Waals surface area contributed by atoms with Gasteiger partial charge < -0.3 is 15.4 Å². The van der Waals surface area contributed by atoms with E-state index < -0.39 is 18.5 Å². The summed E-state index contributed by atoms with van der Waals surface area (Å²) in [5, 5.41) is 5.02. The molecule has 1 aromatic carbocycles. The van der Waals surface area contributed by atoms with Gasteiger partial charge in [0.15, 0.2) is 6.61 Å². The Hall–Kier alpha value is -2.48. The number of benzene rings is 1. The number of rotatable bonds is 6. The summed E-state index contributed by atoms with van der Waals surface area (Å²) in [5.74, 6) is -1.42. The van der Waals surface area contributed by atoms with Gasteiger partial charge >= 0.3 is 5.97 Å². The van der Waals surface area contributed by atoms with Crippen LogP contribution in [0.25, 0.3) is 10.2 Å². The predicted octanol–water partition coefficient (Wildman–Crippen LogP) is 1.09. The van der Waals surface area contributed by atoms with E-state index in [-0.39, 0.29) is 18.5 Å². The van der Waals surface area contributed by atoms with Gasteiger partial charge in [0.05, 0.1) is 27.8 Å². The number of aromatic nitrogens is 1. The highest BCUT2D eigenvalue weighted by Crippen LogP contribution is 2.19. The van der Waals surface area contributed by atoms with Crippen molar-refractivity contribution in [3.8, 4) is 0 Å². The molecule has 0 aliphatic carbocycles. The van der Waals surface area contributed by atoms with Crippen molar-refractivity contribution in [2.24, 2.45) is 0 Å². The third kappa shape index (κ3) is 5.03. The molecule has 0 aliphatic heterocycles. The largest absolute Gasteiger partial charge is 0.452 e. The van der Waals surface area contributed by atoms with Crippen LogP contribution in [0, 0.1) is 0 Å². The molecule has 0 saturated heterocycles. The first-order valence-corrected chi connectivity index (χ1v) is 7.90. The average Bonchev–Trinajstić information content (AvgIpc) is 2.97. The van der Waals surface area contributed by atoms with Crippen molar-refractivity contribution in [1.29, 1.82) is 0 Å². The van der Waals surface area contributed by atoms with Gasteiger partial charge in [-0.2, -0.15) is 0 Å². The minimum Gasteiger partial charge on any atom is -0.452 e. The fourth-order valence-electron chi connectivity index (χ4n) is 1.80. The van der Waals surface area contributed by atoms with Crippen LogP contribution in [0.1, 0.15) is 24.2 Å². The molecule has 2 rings (SSSR count). The topological polar surface area (TPSA) is 97.4 Å². The lowest BCUT2D eigenvalue weighted by Gasteiger charge is -2.09. The number of carbonyl (C=O) groups excluding carboxylic acids is 3. The Morgan fingerprint density at radius 3 is 2.78 bits per heavy atom. The number of nitrogens with zero attached hydrogens (tertiary/aromatic N) is 1. The fraction of sp³-hybridized carbons (Fsp3) is 0.333. The van der Waals surface area contributed by atoms with Crippen LogP contribution in [-0.4, -0.2) is 42.0 Å². The van der Waals surface area contributed by atoms with E-state index in [0.717, 1.165) is 10.2 Å². The Morgan fingerprint density at radius 2 is 2.04 bits per heavy atom. The second kappa shape index (κ2) is 7.68. The van der Waals surface area contributed by atoms with Gasteiger partial charge in [-0.3, -0.25) is 9.59 Å². The summed E-state index contributed by atoms with van der Waals surface area (Å²) in [4.78, 5) is 39.0. The maximum atomic E-state index is 11.9. The number of hydrogen-bond donors (Lipinski definition) is 2. The first-order valence-electron chi connectivity index (χ1n) is 7.02. The molecule has 2 aromatic rings. The molecular formula is C15H17N3O4S. The Bertz CT molecular complexity index is 726. The van der Waals surface area contributed by atoms with Crippen LogP contribution in [0.5, 0.6) is 0 Å². The second-order valence-corrected chi connectivity index (χ2v) is 6.00. The average molecular weight is 335 g/mol. The molecule has 0 radical (unpaired) electrons. The van der Waals surface area contributed by atoms with Crippen LogP contribution in [-0.2, 0) is 14.3 Å². The predicted molar refractivity (Wildman–Crippen MR) is 86.2 cm³/mol. The molecule has 0 fully saturated rings. The normalized spacial score (nSPS) is 10.6. The molecule has 2 N–H and O–H groups in total. The van der Waals surface area contributed by atoms with E-state index in [4.69, 9.17) is 4.74 Å². The van der Waals surface area contributed by atoms with E-state index in [9.17, 15) is 14.4 Å². The Balaban J connectivity index is 1.79. The highest BCUT2D eigenvalue weighted by atomic mass is 32.1. The van der Waals surface area contributed by atoms with Gasteiger partial charge in [0, 0.05) is 6.04 Å². The SMILES string of the molecule is CC(C)NC(=O)CNC(=O)COC(=O)c1ccc2ncsc2c1. The number of fused-ring (bicyclic) bond motifs is 1. The second-order valence-electron chi connectivity index (χ2n) is 5.11. The molecule has 0 aliphatic rings. The first-order chi connectivity index (χ1) is 11.0. The molecule has 7 nitrogen and oxygen atoms in total. The van der Waals surface area contributed by atoms with Gasteiger partial charge in [-0.1, -0.05) is 0 Å². The number of ether oxygens (including phenoxy) is 1. The number of esters is 1. The zero-order valence-electron chi connectivity index (χ0n) is 12.8. The van der Waals surface area contributed by atoms with Crippen LogP contribution < -0.4 is 10.6 Å². The summed E-state index contributed by atoms with van der Waals surface area (Å²) in [7, 11) is 0. The summed E-state index contributed by atoms with van der Waals surface area (Å²) < 4.78 is 5.80. The molecule has 0 unspecified atom stereocenters. The minimum absolute atomic E-state index is 0.00103. The Morgan fingerprint density at radius 1 is 1.26 bits per heavy atom. The van der Waals surface area contributed by atoms with E-state index in [1.54, 1.807) is 23.7 Å². The summed E-state index contributed by atoms with van der Waals surface area (Å²) in [5.41, 5.74) is 2.85. The minimum atomic E-state index is -0.595. The monoisotopic (exact) mass is 335 g/mol. The molecule has 23 heavy (non-hydrogen) atoms. The Kier molecular flexibility index (Phi) is 5.64. The summed E-state index contributed by atoms with van der Waals surface area (Å²) in [6, 6.07) is 4.99. The van der Waals surface area contributed by atoms with Crippen LogP contribution in [0.15, 0.2) is 23.7 Å². The smallest absolute Gasteiger partial charge is 0.338 e. The maximum absolute atomic E-state index is 11.9. The number of thiazole rings is 1. The molecule has 2 amide bonds. The van der Waals surface area contributed by atoms with Gasteiger partial charge in [0.25, 0.3) is 5.91 Å². The molecule has 0 atom stereocenters. The number of amides is 2. The van der Waals surface area contributed by atoms with Crippen molar-refractivity contribution in [3.05, 3.63) is 29.3 Å². The number of carbonyl (C=O) groups is 3. The van der Waals surface area contributed by atoms with Crippen molar-refractivity contribution in [3.63, 3.8) is 0 Å². The summed E-state index contributed by atoms with van der Waals surface area (Å²) in [6.07, 6.45) is 0. The van der Waals surface area contributed by atoms with E-state index in [1.807, 2.05) is 13.8 Å². The Labute approximate surface area is 137 Å². The quantitative estimate of drug-likeness (QED) is 0.770. The molecule has 122 valence electrons. The van der Waals surface area contributed by atoms with E-state index in [0.29, 0.717) is 5.56 Å². The van der Waals surface area contributed by atoms with Crippen molar-refractivity contribution in [2.75, 3.05) is 13.2 Å². The third-order valence-electron chi connectivity index (χ3n) is 2.80. The van der Waals surface area contributed by atoms with E-state index >= 15 is 0 Å². The lowest BCUT2D eigenvalue weighted by molar-refractivity contribution is -0.128. The van der Waals surface area contributed by atoms with Gasteiger partial charge in [-0.05, 0) is 32.0 Å². The molecule has 0 saturated carbocycles. The number of nitrogens with one attached hydrogen (secondary N) is 2. The van der Waals surface area contributed by atoms with Gasteiger partial charge in [-0.25, -0.2) is 9.78 Å². The lowest BCUT2D eigenvalue weighted by atomic mass is 10.2. The lowest BCUT2D eigenvalue weighted by Crippen LogP contribution is -2.41. The van der Waals surface area contributed by atoms with Gasteiger partial charge in [0.1, 0.15) is 0 Å². The van der Waals surface area contributed by atoms with E-state index in [2.05, 4.69) is 15.6 Å². The van der Waals surface area contributed by atoms with Crippen LogP contribution in [0.3, 0.4) is 0 Å². The first kappa shape index (κ1) is 16.9. The molecule has 1 heterocycles. The highest BCUT2D eigenvalue weighted by molar-refractivity contribution is 7.16. The molecule has 8 heteroatoms. The molecule has 0 bridgehead atoms. The number of hydrogen-bond acceptors (Lipinski definition) is 6. The van der Waals surface area contributed by atoms with Crippen LogP contribution in [0.4, 0.5) is 0 Å². The maximum Gasteiger partial charge on any atom is 0.338 e. The zero-order chi connectivity index (χ0) is 16.8. The zero-order valence-corrected chi connectivity index (χ0v) is 13.6. The third-order valence-corrected chi connectivity index (χ3v) is 3.59. The molecule has 1 aromatic heterocycles. The van der Waals surface area contributed by atoms with Crippen molar-refractivity contribution in [2.45, 2.75) is 19.9 Å². The highest BCUT2D eigenvalue weighted by Gasteiger charge is 2.12. The van der Waals surface area contributed by atoms with E-state index in [1.165, 1.54) is 11.3 Å². The standard InChI is InChI=1S/C15H17N3O4S/c1-9(2)18-13(19)6-16-14(20)7-22-15(21)10-3-4-11-12(5-10)23-8-17-11/h3-5,8-9H,6-7H2,1-2H3,(H,16,20)(H,18,19). The van der Waals surface area contributed by atoms with Crippen molar-refractivity contribution < 1.29 is 19.1 Å². The van der Waals surface area contributed by atoms with Crippen molar-refractivity contribution in [1.82, 2.24) is 15.6 Å². The fourth-order valence-corrected chi connectivity index (χ4v) is 2.52. The summed E-state index contributed by atoms with van der Waals surface area (Å²) in [6.45, 7) is 3.05.